The maximum Gasteiger partial charge on any atom is 0.275 e. The molecule has 0 saturated carbocycles. The molecule has 0 fully saturated rings. The standard InChI is InChI=1S/C26H23BrCl2N2O5/c27-21-5-2-1-4-17(21)15-26(25(33)31-34)23(20-11-8-18(28)14-22(20)29)36-24(30-26)16-6-9-19(10-7-16)35-13-3-12-32/h1-2,4-11,14,23,32,34H,3,12-13,15H2,(H,31,33)/t23-,26-/m0/s1. The fourth-order valence-corrected chi connectivity index (χ4v) is 4.93. The quantitative estimate of drug-likeness (QED) is 0.172. The van der Waals surface area contributed by atoms with Crippen molar-refractivity contribution in [3.8, 4) is 5.75 Å². The van der Waals surface area contributed by atoms with Crippen LogP contribution < -0.4 is 10.2 Å². The minimum absolute atomic E-state index is 0.0455. The summed E-state index contributed by atoms with van der Waals surface area (Å²) < 4.78 is 12.7. The van der Waals surface area contributed by atoms with Gasteiger partial charge in [-0.05, 0) is 48.0 Å². The number of aliphatic hydroxyl groups is 1. The van der Waals surface area contributed by atoms with Crippen molar-refractivity contribution in [2.45, 2.75) is 24.5 Å². The van der Waals surface area contributed by atoms with Gasteiger partial charge in [-0.25, -0.2) is 10.5 Å². The Morgan fingerprint density at radius 2 is 1.89 bits per heavy atom. The highest BCUT2D eigenvalue weighted by Gasteiger charge is 2.54. The summed E-state index contributed by atoms with van der Waals surface area (Å²) >= 11 is 16.2. The highest BCUT2D eigenvalue weighted by atomic mass is 79.9. The second kappa shape index (κ2) is 11.6. The molecule has 0 radical (unpaired) electrons. The van der Waals surface area contributed by atoms with Crippen LogP contribution in [0.1, 0.15) is 29.2 Å². The summed E-state index contributed by atoms with van der Waals surface area (Å²) in [6.45, 7) is 0.431. The van der Waals surface area contributed by atoms with E-state index in [1.165, 1.54) is 0 Å². The second-order valence-electron chi connectivity index (χ2n) is 8.16. The summed E-state index contributed by atoms with van der Waals surface area (Å²) in [5.74, 6) is 0.0903. The van der Waals surface area contributed by atoms with Crippen molar-refractivity contribution in [2.75, 3.05) is 13.2 Å². The first-order valence-electron chi connectivity index (χ1n) is 11.1. The fourth-order valence-electron chi connectivity index (χ4n) is 4.00. The Hall–Kier alpha value is -2.62. The van der Waals surface area contributed by atoms with Gasteiger partial charge in [-0.15, -0.1) is 0 Å². The molecule has 4 rings (SSSR count). The van der Waals surface area contributed by atoms with E-state index in [-0.39, 0.29) is 18.9 Å². The fraction of sp³-hybridized carbons (Fsp3) is 0.231. The number of nitrogens with zero attached hydrogens (tertiary/aromatic N) is 1. The third-order valence-corrected chi connectivity index (χ3v) is 7.13. The first kappa shape index (κ1) is 26.4. The Labute approximate surface area is 226 Å². The lowest BCUT2D eigenvalue weighted by molar-refractivity contribution is -0.137. The van der Waals surface area contributed by atoms with Crippen LogP contribution >= 0.6 is 39.1 Å². The molecule has 3 N–H and O–H groups in total. The van der Waals surface area contributed by atoms with E-state index in [4.69, 9.17) is 42.8 Å². The molecule has 1 aliphatic rings. The number of hydrogen-bond donors (Lipinski definition) is 3. The summed E-state index contributed by atoms with van der Waals surface area (Å²) in [4.78, 5) is 18.1. The maximum atomic E-state index is 13.3. The molecule has 188 valence electrons. The number of amides is 1. The third-order valence-electron chi connectivity index (χ3n) is 5.79. The van der Waals surface area contributed by atoms with Gasteiger partial charge in [-0.3, -0.25) is 10.0 Å². The Bertz CT molecular complexity index is 1270. The molecule has 1 amide bonds. The van der Waals surface area contributed by atoms with Crippen LogP contribution in [-0.4, -0.2) is 40.9 Å². The molecular formula is C26H23BrCl2N2O5. The molecule has 3 aromatic rings. The summed E-state index contributed by atoms with van der Waals surface area (Å²) in [5.41, 5.74) is 2.09. The minimum Gasteiger partial charge on any atom is -0.494 e. The molecular weight excluding hydrogens is 571 g/mol. The largest absolute Gasteiger partial charge is 0.494 e. The number of aliphatic hydroxyl groups excluding tert-OH is 1. The van der Waals surface area contributed by atoms with E-state index in [0.717, 1.165) is 10.0 Å². The Morgan fingerprint density at radius 3 is 2.56 bits per heavy atom. The number of halogens is 3. The molecule has 0 bridgehead atoms. The molecule has 36 heavy (non-hydrogen) atoms. The van der Waals surface area contributed by atoms with Crippen LogP contribution in [0.4, 0.5) is 0 Å². The maximum absolute atomic E-state index is 13.3. The smallest absolute Gasteiger partial charge is 0.275 e. The molecule has 0 unspecified atom stereocenters. The van der Waals surface area contributed by atoms with Crippen molar-refractivity contribution < 1.29 is 24.6 Å². The van der Waals surface area contributed by atoms with Crippen LogP contribution in [0, 0.1) is 0 Å². The van der Waals surface area contributed by atoms with E-state index < -0.39 is 17.6 Å². The molecule has 10 heteroatoms. The Balaban J connectivity index is 1.79. The van der Waals surface area contributed by atoms with E-state index >= 15 is 0 Å². The average molecular weight is 594 g/mol. The van der Waals surface area contributed by atoms with E-state index in [1.54, 1.807) is 47.9 Å². The number of carbonyl (C=O) groups is 1. The lowest BCUT2D eigenvalue weighted by Crippen LogP contribution is -2.49. The van der Waals surface area contributed by atoms with E-state index in [2.05, 4.69) is 15.9 Å². The van der Waals surface area contributed by atoms with Gasteiger partial charge in [-0.2, -0.15) is 0 Å². The summed E-state index contributed by atoms with van der Waals surface area (Å²) in [5, 5.41) is 19.4. The zero-order chi connectivity index (χ0) is 25.7. The normalized spacial score (nSPS) is 18.9. The lowest BCUT2D eigenvalue weighted by Gasteiger charge is -2.30. The molecule has 7 nitrogen and oxygen atoms in total. The van der Waals surface area contributed by atoms with Gasteiger partial charge in [0.15, 0.2) is 11.6 Å². The number of hydrogen-bond acceptors (Lipinski definition) is 6. The molecule has 0 spiro atoms. The average Bonchev–Trinajstić information content (AvgIpc) is 3.25. The third kappa shape index (κ3) is 5.53. The number of rotatable bonds is 9. The highest BCUT2D eigenvalue weighted by molar-refractivity contribution is 9.10. The number of benzene rings is 3. The van der Waals surface area contributed by atoms with Crippen LogP contribution in [0.25, 0.3) is 0 Å². The van der Waals surface area contributed by atoms with Crippen LogP contribution in [0.15, 0.2) is 76.2 Å². The second-order valence-corrected chi connectivity index (χ2v) is 9.86. The monoisotopic (exact) mass is 592 g/mol. The Kier molecular flexibility index (Phi) is 8.54. The van der Waals surface area contributed by atoms with Gasteiger partial charge in [0.25, 0.3) is 5.91 Å². The summed E-state index contributed by atoms with van der Waals surface area (Å²) in [6.07, 6.45) is -0.331. The first-order valence-corrected chi connectivity index (χ1v) is 12.7. The van der Waals surface area contributed by atoms with Crippen molar-refractivity contribution in [2.24, 2.45) is 4.99 Å². The number of nitrogens with one attached hydrogen (secondary N) is 1. The zero-order valence-corrected chi connectivity index (χ0v) is 22.1. The van der Waals surface area contributed by atoms with Gasteiger partial charge >= 0.3 is 0 Å². The predicted molar refractivity (Wildman–Crippen MR) is 141 cm³/mol. The Morgan fingerprint density at radius 1 is 1.14 bits per heavy atom. The molecule has 0 aromatic heterocycles. The van der Waals surface area contributed by atoms with E-state index in [1.807, 2.05) is 24.3 Å². The topological polar surface area (TPSA) is 100 Å². The molecule has 2 atom stereocenters. The molecule has 3 aromatic carbocycles. The van der Waals surface area contributed by atoms with Gasteiger partial charge in [0, 0.05) is 45.1 Å². The van der Waals surface area contributed by atoms with Gasteiger partial charge in [0.1, 0.15) is 5.75 Å². The van der Waals surface area contributed by atoms with Crippen molar-refractivity contribution in [1.29, 1.82) is 0 Å². The summed E-state index contributed by atoms with van der Waals surface area (Å²) in [7, 11) is 0. The molecule has 1 aliphatic heterocycles. The summed E-state index contributed by atoms with van der Waals surface area (Å²) in [6, 6.07) is 19.4. The van der Waals surface area contributed by atoms with Crippen LogP contribution in [0.3, 0.4) is 0 Å². The van der Waals surface area contributed by atoms with Crippen molar-refractivity contribution in [3.05, 3.63) is 97.9 Å². The number of carbonyl (C=O) groups excluding carboxylic acids is 1. The van der Waals surface area contributed by atoms with E-state index in [9.17, 15) is 10.0 Å². The molecule has 0 saturated heterocycles. The van der Waals surface area contributed by atoms with Crippen molar-refractivity contribution >= 4 is 50.9 Å². The molecule has 1 heterocycles. The zero-order valence-electron chi connectivity index (χ0n) is 19.0. The lowest BCUT2D eigenvalue weighted by atomic mass is 9.82. The highest BCUT2D eigenvalue weighted by Crippen LogP contribution is 2.45. The van der Waals surface area contributed by atoms with Gasteiger partial charge in [-0.1, -0.05) is 63.4 Å². The van der Waals surface area contributed by atoms with Crippen molar-refractivity contribution in [1.82, 2.24) is 5.48 Å². The first-order chi connectivity index (χ1) is 17.4. The number of aliphatic imine (C=N–C) groups is 1. The SMILES string of the molecule is O=C(NO)[C@@]1(Cc2ccccc2Br)N=C(c2ccc(OCCCO)cc2)O[C@H]1c1ccc(Cl)cc1Cl. The predicted octanol–water partition coefficient (Wildman–Crippen LogP) is 5.52. The van der Waals surface area contributed by atoms with Gasteiger partial charge < -0.3 is 14.6 Å². The van der Waals surface area contributed by atoms with Crippen LogP contribution in [0.2, 0.25) is 10.0 Å². The van der Waals surface area contributed by atoms with Crippen LogP contribution in [0.5, 0.6) is 5.75 Å². The number of hydroxylamine groups is 1. The number of ether oxygens (including phenoxy) is 2. The van der Waals surface area contributed by atoms with Gasteiger partial charge in [0.05, 0.1) is 6.61 Å². The van der Waals surface area contributed by atoms with Crippen LogP contribution in [-0.2, 0) is 16.0 Å². The van der Waals surface area contributed by atoms with Gasteiger partial charge in [0.2, 0.25) is 5.90 Å². The van der Waals surface area contributed by atoms with Crippen molar-refractivity contribution in [3.63, 3.8) is 0 Å². The minimum atomic E-state index is -1.58. The molecule has 0 aliphatic carbocycles. The van der Waals surface area contributed by atoms with E-state index in [0.29, 0.717) is 39.9 Å².